The zero-order valence-corrected chi connectivity index (χ0v) is 18.9. The minimum atomic E-state index is 0.642. The molecule has 5 rings (SSSR count). The second kappa shape index (κ2) is 10.1. The SMILES string of the molecule is COCCc1cc(-c2cccc(-c3nc(-c4ccccc4)nc(-c4ccccc4)n3)c2)ccn1. The Hall–Kier alpha value is -4.22. The molecule has 0 aliphatic heterocycles. The summed E-state index contributed by atoms with van der Waals surface area (Å²) in [6, 6.07) is 32.4. The Morgan fingerprint density at radius 1 is 0.559 bits per heavy atom. The van der Waals surface area contributed by atoms with Crippen molar-refractivity contribution in [3.05, 3.63) is 109 Å². The molecule has 0 atom stereocenters. The third-order valence-corrected chi connectivity index (χ3v) is 5.53. The van der Waals surface area contributed by atoms with Gasteiger partial charge in [0.15, 0.2) is 17.5 Å². The number of pyridine rings is 1. The smallest absolute Gasteiger partial charge is 0.164 e. The first kappa shape index (κ1) is 21.6. The fraction of sp³-hybridized carbons (Fsp3) is 0.103. The number of hydrogen-bond acceptors (Lipinski definition) is 5. The van der Waals surface area contributed by atoms with Gasteiger partial charge in [-0.15, -0.1) is 0 Å². The summed E-state index contributed by atoms with van der Waals surface area (Å²) in [5.41, 5.74) is 6.03. The van der Waals surface area contributed by atoms with Gasteiger partial charge in [0, 0.05) is 42.1 Å². The lowest BCUT2D eigenvalue weighted by Gasteiger charge is -2.10. The number of ether oxygens (including phenoxy) is 1. The lowest BCUT2D eigenvalue weighted by molar-refractivity contribution is 0.201. The van der Waals surface area contributed by atoms with Gasteiger partial charge in [0.1, 0.15) is 0 Å². The van der Waals surface area contributed by atoms with Gasteiger partial charge in [-0.3, -0.25) is 4.98 Å². The third-order valence-electron chi connectivity index (χ3n) is 5.53. The van der Waals surface area contributed by atoms with Crippen molar-refractivity contribution in [1.29, 1.82) is 0 Å². The van der Waals surface area contributed by atoms with Crippen LogP contribution in [0.5, 0.6) is 0 Å². The van der Waals surface area contributed by atoms with Gasteiger partial charge < -0.3 is 4.74 Å². The van der Waals surface area contributed by atoms with E-state index in [9.17, 15) is 0 Å². The first-order valence-electron chi connectivity index (χ1n) is 11.2. The van der Waals surface area contributed by atoms with E-state index in [2.05, 4.69) is 23.2 Å². The van der Waals surface area contributed by atoms with E-state index < -0.39 is 0 Å². The van der Waals surface area contributed by atoms with E-state index in [-0.39, 0.29) is 0 Å². The van der Waals surface area contributed by atoms with Crippen LogP contribution in [0.2, 0.25) is 0 Å². The molecule has 2 aromatic heterocycles. The predicted molar refractivity (Wildman–Crippen MR) is 135 cm³/mol. The molecule has 0 fully saturated rings. The summed E-state index contributed by atoms with van der Waals surface area (Å²) in [5, 5.41) is 0. The van der Waals surface area contributed by atoms with E-state index in [4.69, 9.17) is 19.7 Å². The van der Waals surface area contributed by atoms with E-state index >= 15 is 0 Å². The van der Waals surface area contributed by atoms with Crippen LogP contribution in [0.1, 0.15) is 5.69 Å². The van der Waals surface area contributed by atoms with Gasteiger partial charge >= 0.3 is 0 Å². The average Bonchev–Trinajstić information content (AvgIpc) is 2.93. The largest absolute Gasteiger partial charge is 0.384 e. The maximum atomic E-state index is 5.20. The molecule has 0 bridgehead atoms. The summed E-state index contributed by atoms with van der Waals surface area (Å²) in [6.45, 7) is 0.645. The van der Waals surface area contributed by atoms with Crippen LogP contribution in [0.15, 0.2) is 103 Å². The molecular formula is C29H24N4O. The number of rotatable bonds is 7. The number of benzene rings is 3. The van der Waals surface area contributed by atoms with Crippen LogP contribution in [0.3, 0.4) is 0 Å². The summed E-state index contributed by atoms with van der Waals surface area (Å²) < 4.78 is 5.20. The van der Waals surface area contributed by atoms with Crippen molar-refractivity contribution in [3.63, 3.8) is 0 Å². The molecule has 2 heterocycles. The first-order valence-corrected chi connectivity index (χ1v) is 11.2. The molecule has 3 aromatic carbocycles. The standard InChI is InChI=1S/C29H24N4O/c1-34-18-16-26-20-24(15-17-30-26)23-13-8-14-25(19-23)29-32-27(21-9-4-2-5-10-21)31-28(33-29)22-11-6-3-7-12-22/h2-15,17,19-20H,16,18H2,1H3. The van der Waals surface area contributed by atoms with Crippen molar-refractivity contribution in [2.24, 2.45) is 0 Å². The van der Waals surface area contributed by atoms with Crippen molar-refractivity contribution >= 4 is 0 Å². The number of nitrogens with zero attached hydrogens (tertiary/aromatic N) is 4. The first-order chi connectivity index (χ1) is 16.8. The summed E-state index contributed by atoms with van der Waals surface area (Å²) in [4.78, 5) is 18.9. The van der Waals surface area contributed by atoms with Gasteiger partial charge in [-0.05, 0) is 29.3 Å². The molecule has 34 heavy (non-hydrogen) atoms. The lowest BCUT2D eigenvalue weighted by atomic mass is 10.0. The Labute approximate surface area is 199 Å². The van der Waals surface area contributed by atoms with Crippen molar-refractivity contribution in [2.75, 3.05) is 13.7 Å². The Morgan fingerprint density at radius 3 is 1.71 bits per heavy atom. The Morgan fingerprint density at radius 2 is 1.09 bits per heavy atom. The summed E-state index contributed by atoms with van der Waals surface area (Å²) >= 11 is 0. The van der Waals surface area contributed by atoms with Crippen LogP contribution in [0.4, 0.5) is 0 Å². The molecule has 0 aliphatic carbocycles. The monoisotopic (exact) mass is 444 g/mol. The van der Waals surface area contributed by atoms with E-state index in [0.29, 0.717) is 24.1 Å². The quantitative estimate of drug-likeness (QED) is 0.302. The molecule has 0 aliphatic rings. The van der Waals surface area contributed by atoms with Crippen molar-refractivity contribution < 1.29 is 4.74 Å². The van der Waals surface area contributed by atoms with Crippen LogP contribution in [0.25, 0.3) is 45.3 Å². The number of aromatic nitrogens is 4. The van der Waals surface area contributed by atoms with Crippen molar-refractivity contribution in [2.45, 2.75) is 6.42 Å². The van der Waals surface area contributed by atoms with Crippen LogP contribution in [-0.2, 0) is 11.2 Å². The Bertz CT molecular complexity index is 1330. The van der Waals surface area contributed by atoms with E-state index in [1.54, 1.807) is 7.11 Å². The average molecular weight is 445 g/mol. The van der Waals surface area contributed by atoms with Crippen molar-refractivity contribution in [3.8, 4) is 45.3 Å². The zero-order chi connectivity index (χ0) is 23.2. The van der Waals surface area contributed by atoms with E-state index in [0.717, 1.165) is 39.9 Å². The molecule has 5 aromatic rings. The van der Waals surface area contributed by atoms with Crippen molar-refractivity contribution in [1.82, 2.24) is 19.9 Å². The van der Waals surface area contributed by atoms with Gasteiger partial charge in [-0.2, -0.15) is 0 Å². The highest BCUT2D eigenvalue weighted by Gasteiger charge is 2.13. The zero-order valence-electron chi connectivity index (χ0n) is 18.9. The van der Waals surface area contributed by atoms with Gasteiger partial charge in [-0.1, -0.05) is 78.9 Å². The minimum Gasteiger partial charge on any atom is -0.384 e. The highest BCUT2D eigenvalue weighted by Crippen LogP contribution is 2.28. The van der Waals surface area contributed by atoms with Crippen LogP contribution >= 0.6 is 0 Å². The molecule has 0 saturated heterocycles. The maximum absolute atomic E-state index is 5.20. The molecule has 0 amide bonds. The van der Waals surface area contributed by atoms with Crippen LogP contribution < -0.4 is 0 Å². The summed E-state index contributed by atoms with van der Waals surface area (Å²) in [7, 11) is 1.70. The summed E-state index contributed by atoms with van der Waals surface area (Å²) in [5.74, 6) is 1.95. The highest BCUT2D eigenvalue weighted by atomic mass is 16.5. The fourth-order valence-corrected chi connectivity index (χ4v) is 3.78. The fourth-order valence-electron chi connectivity index (χ4n) is 3.78. The number of methoxy groups -OCH3 is 1. The van der Waals surface area contributed by atoms with Gasteiger partial charge in [0.2, 0.25) is 0 Å². The molecular weight excluding hydrogens is 420 g/mol. The van der Waals surface area contributed by atoms with Gasteiger partial charge in [-0.25, -0.2) is 15.0 Å². The van der Waals surface area contributed by atoms with E-state index in [1.165, 1.54) is 0 Å². The van der Waals surface area contributed by atoms with Gasteiger partial charge in [0.05, 0.1) is 6.61 Å². The number of hydrogen-bond donors (Lipinski definition) is 0. The topological polar surface area (TPSA) is 60.8 Å². The lowest BCUT2D eigenvalue weighted by Crippen LogP contribution is -2.00. The molecule has 0 unspecified atom stereocenters. The van der Waals surface area contributed by atoms with Gasteiger partial charge in [0.25, 0.3) is 0 Å². The molecule has 0 spiro atoms. The third kappa shape index (κ3) is 4.90. The highest BCUT2D eigenvalue weighted by molar-refractivity contribution is 5.72. The second-order valence-corrected chi connectivity index (χ2v) is 7.90. The molecule has 5 heteroatoms. The Kier molecular flexibility index (Phi) is 6.45. The van der Waals surface area contributed by atoms with Crippen LogP contribution in [-0.4, -0.2) is 33.7 Å². The normalized spacial score (nSPS) is 10.9. The maximum Gasteiger partial charge on any atom is 0.164 e. The minimum absolute atomic E-state index is 0.642. The Balaban J connectivity index is 1.59. The van der Waals surface area contributed by atoms with E-state index in [1.807, 2.05) is 85.1 Å². The molecule has 0 N–H and O–H groups in total. The van der Waals surface area contributed by atoms with Crippen LogP contribution in [0, 0.1) is 0 Å². The molecule has 0 saturated carbocycles. The second-order valence-electron chi connectivity index (χ2n) is 7.90. The molecule has 5 nitrogen and oxygen atoms in total. The molecule has 0 radical (unpaired) electrons. The predicted octanol–water partition coefficient (Wildman–Crippen LogP) is 6.12. The molecule has 166 valence electrons. The summed E-state index contributed by atoms with van der Waals surface area (Å²) in [6.07, 6.45) is 2.62.